The van der Waals surface area contributed by atoms with Gasteiger partial charge < -0.3 is 4.98 Å². The van der Waals surface area contributed by atoms with Crippen LogP contribution in [0.5, 0.6) is 0 Å². The molecule has 0 saturated heterocycles. The Labute approximate surface area is 229 Å². The molecule has 0 aliphatic heterocycles. The van der Waals surface area contributed by atoms with Crippen LogP contribution < -0.4 is 16.0 Å². The Balaban J connectivity index is 1.57. The summed E-state index contributed by atoms with van der Waals surface area (Å²) in [4.78, 5) is 39.2. The first kappa shape index (κ1) is 27.0. The summed E-state index contributed by atoms with van der Waals surface area (Å²) in [6, 6.07) is 17.4. The van der Waals surface area contributed by atoms with Gasteiger partial charge in [-0.05, 0) is 54.3 Å². The summed E-state index contributed by atoms with van der Waals surface area (Å²) in [5.41, 5.74) is 0.261. The lowest BCUT2D eigenvalue weighted by Crippen LogP contribution is -2.30. The third-order valence-electron chi connectivity index (χ3n) is 6.60. The number of aromatic amines is 2. The number of fused-ring (bicyclic) bond motifs is 1. The molecule has 5 rings (SSSR count). The van der Waals surface area contributed by atoms with E-state index >= 15 is 0 Å². The van der Waals surface area contributed by atoms with E-state index in [1.54, 1.807) is 48.5 Å². The summed E-state index contributed by atoms with van der Waals surface area (Å²) in [7, 11) is -3.91. The Kier molecular flexibility index (Phi) is 7.60. The maximum Gasteiger partial charge on any atom is 0.330 e. The molecule has 1 unspecified atom stereocenters. The average Bonchev–Trinajstić information content (AvgIpc) is 3.39. The van der Waals surface area contributed by atoms with Crippen molar-refractivity contribution in [1.82, 2.24) is 24.5 Å². The molecular formula is C28H27FN6O4S. The molecule has 12 heteroatoms. The van der Waals surface area contributed by atoms with Gasteiger partial charge in [0.2, 0.25) is 0 Å². The van der Waals surface area contributed by atoms with E-state index in [4.69, 9.17) is 0 Å². The molecule has 0 aliphatic carbocycles. The van der Waals surface area contributed by atoms with Crippen molar-refractivity contribution >= 4 is 27.0 Å². The van der Waals surface area contributed by atoms with Crippen molar-refractivity contribution in [2.75, 3.05) is 4.72 Å². The van der Waals surface area contributed by atoms with Crippen LogP contribution in [-0.2, 0) is 23.0 Å². The molecule has 5 aromatic rings. The maximum absolute atomic E-state index is 14.7. The van der Waals surface area contributed by atoms with E-state index in [0.29, 0.717) is 29.9 Å². The lowest BCUT2D eigenvalue weighted by Gasteiger charge is -2.17. The minimum atomic E-state index is -3.91. The number of pyridine rings is 1. The van der Waals surface area contributed by atoms with Gasteiger partial charge in [-0.1, -0.05) is 49.7 Å². The number of sulfonamides is 1. The number of imidazole rings is 1. The highest BCUT2D eigenvalue weighted by molar-refractivity contribution is 7.92. The molecular weight excluding hydrogens is 535 g/mol. The number of aromatic nitrogens is 5. The lowest BCUT2D eigenvalue weighted by molar-refractivity contribution is 0.598. The second kappa shape index (κ2) is 11.3. The van der Waals surface area contributed by atoms with E-state index in [9.17, 15) is 22.4 Å². The van der Waals surface area contributed by atoms with E-state index in [1.807, 2.05) is 6.92 Å². The number of hydrogen-bond donors (Lipinski definition) is 3. The highest BCUT2D eigenvalue weighted by Gasteiger charge is 2.24. The Morgan fingerprint density at radius 2 is 1.75 bits per heavy atom. The predicted octanol–water partition coefficient (Wildman–Crippen LogP) is 3.92. The van der Waals surface area contributed by atoms with Gasteiger partial charge in [0.05, 0.1) is 4.90 Å². The van der Waals surface area contributed by atoms with Crippen LogP contribution in [-0.4, -0.2) is 32.9 Å². The van der Waals surface area contributed by atoms with E-state index in [2.05, 4.69) is 24.7 Å². The fourth-order valence-corrected chi connectivity index (χ4v) is 5.51. The van der Waals surface area contributed by atoms with Crippen molar-refractivity contribution in [3.8, 4) is 0 Å². The standard InChI is InChI=1S/C28H27FN6O4S/c1-2-3-16-35-26-24(27(36)33-28(35)37)31-25(32-26)21(17-19-8-4-5-9-22(19)29)18-11-13-20(14-12-18)40(38,39)34-23-10-6-7-15-30-23/h4-15,21H,2-3,16-17H2,1H3,(H,30,34)(H,31,32)(H,33,36,37). The molecule has 2 aromatic carbocycles. The SMILES string of the molecule is CCCCn1c(=O)[nH]c(=O)c2[nH]c(C(Cc3ccccc3F)c3ccc(S(=O)(=O)Nc4ccccn4)cc3)nc21. The Morgan fingerprint density at radius 3 is 2.45 bits per heavy atom. The fourth-order valence-electron chi connectivity index (χ4n) is 4.50. The Hall–Kier alpha value is -4.58. The van der Waals surface area contributed by atoms with Gasteiger partial charge >= 0.3 is 5.69 Å². The highest BCUT2D eigenvalue weighted by atomic mass is 32.2. The van der Waals surface area contributed by atoms with Gasteiger partial charge in [0.15, 0.2) is 5.65 Å². The van der Waals surface area contributed by atoms with Crippen molar-refractivity contribution in [3.05, 3.63) is 117 Å². The number of aryl methyl sites for hydroxylation is 1. The summed E-state index contributed by atoms with van der Waals surface area (Å²) >= 11 is 0. The summed E-state index contributed by atoms with van der Waals surface area (Å²) in [5.74, 6) is -0.452. The summed E-state index contributed by atoms with van der Waals surface area (Å²) in [6.45, 7) is 2.37. The topological polar surface area (TPSA) is 143 Å². The molecule has 3 aromatic heterocycles. The molecule has 0 aliphatic rings. The van der Waals surface area contributed by atoms with E-state index < -0.39 is 33.0 Å². The van der Waals surface area contributed by atoms with Crippen LogP contribution in [0.1, 0.15) is 42.6 Å². The molecule has 0 bridgehead atoms. The van der Waals surface area contributed by atoms with Gasteiger partial charge in [-0.25, -0.2) is 27.6 Å². The zero-order valence-electron chi connectivity index (χ0n) is 21.6. The second-order valence-electron chi connectivity index (χ2n) is 9.32. The van der Waals surface area contributed by atoms with Crippen molar-refractivity contribution in [1.29, 1.82) is 0 Å². The first-order chi connectivity index (χ1) is 19.3. The van der Waals surface area contributed by atoms with Crippen LogP contribution in [0.2, 0.25) is 0 Å². The van der Waals surface area contributed by atoms with Gasteiger partial charge in [-0.15, -0.1) is 0 Å². The van der Waals surface area contributed by atoms with Crippen molar-refractivity contribution in [3.63, 3.8) is 0 Å². The highest BCUT2D eigenvalue weighted by Crippen LogP contribution is 2.30. The fraction of sp³-hybridized carbons (Fsp3) is 0.214. The number of rotatable bonds is 10. The van der Waals surface area contributed by atoms with Crippen LogP contribution in [0.4, 0.5) is 10.2 Å². The van der Waals surface area contributed by atoms with E-state index in [0.717, 1.165) is 6.42 Å². The molecule has 0 spiro atoms. The van der Waals surface area contributed by atoms with Crippen LogP contribution in [0.25, 0.3) is 11.2 Å². The zero-order valence-corrected chi connectivity index (χ0v) is 22.4. The van der Waals surface area contributed by atoms with Gasteiger partial charge in [-0.3, -0.25) is 19.1 Å². The molecule has 0 fully saturated rings. The van der Waals surface area contributed by atoms with Gasteiger partial charge in [0.25, 0.3) is 15.6 Å². The third kappa shape index (κ3) is 5.57. The number of halogens is 1. The zero-order chi connectivity index (χ0) is 28.3. The first-order valence-electron chi connectivity index (χ1n) is 12.8. The number of unbranched alkanes of at least 4 members (excludes halogenated alkanes) is 1. The molecule has 0 radical (unpaired) electrons. The molecule has 1 atom stereocenters. The van der Waals surface area contributed by atoms with Gasteiger partial charge in [-0.2, -0.15) is 0 Å². The van der Waals surface area contributed by atoms with Gasteiger partial charge in [0, 0.05) is 18.7 Å². The second-order valence-corrected chi connectivity index (χ2v) is 11.0. The van der Waals surface area contributed by atoms with Crippen molar-refractivity contribution in [2.45, 2.75) is 43.5 Å². The molecule has 0 saturated carbocycles. The number of nitrogens with zero attached hydrogens (tertiary/aromatic N) is 3. The van der Waals surface area contributed by atoms with Gasteiger partial charge in [0.1, 0.15) is 23.0 Å². The van der Waals surface area contributed by atoms with Crippen molar-refractivity contribution < 1.29 is 12.8 Å². The van der Waals surface area contributed by atoms with Crippen molar-refractivity contribution in [2.24, 2.45) is 0 Å². The minimum absolute atomic E-state index is 0.0148. The van der Waals surface area contributed by atoms with Crippen LogP contribution >= 0.6 is 0 Å². The first-order valence-corrected chi connectivity index (χ1v) is 14.2. The number of H-pyrrole nitrogens is 2. The number of benzene rings is 2. The molecule has 3 N–H and O–H groups in total. The van der Waals surface area contributed by atoms with Crippen LogP contribution in [0, 0.1) is 5.82 Å². The largest absolute Gasteiger partial charge is 0.336 e. The number of hydrogen-bond acceptors (Lipinski definition) is 6. The smallest absolute Gasteiger partial charge is 0.330 e. The third-order valence-corrected chi connectivity index (χ3v) is 7.97. The molecule has 40 heavy (non-hydrogen) atoms. The number of nitrogens with one attached hydrogen (secondary N) is 3. The Morgan fingerprint density at radius 1 is 1.00 bits per heavy atom. The van der Waals surface area contributed by atoms with Crippen LogP contribution in [0.15, 0.2) is 87.4 Å². The molecule has 0 amide bonds. The van der Waals surface area contributed by atoms with E-state index in [1.165, 1.54) is 29.0 Å². The summed E-state index contributed by atoms with van der Waals surface area (Å²) in [6.07, 6.45) is 3.20. The quantitative estimate of drug-likeness (QED) is 0.235. The Bertz CT molecular complexity index is 1870. The monoisotopic (exact) mass is 562 g/mol. The molecule has 3 heterocycles. The van der Waals surface area contributed by atoms with E-state index in [-0.39, 0.29) is 28.3 Å². The maximum atomic E-state index is 14.7. The van der Waals surface area contributed by atoms with Crippen LogP contribution in [0.3, 0.4) is 0 Å². The molecule has 206 valence electrons. The average molecular weight is 563 g/mol. The summed E-state index contributed by atoms with van der Waals surface area (Å²) < 4.78 is 44.4. The summed E-state index contributed by atoms with van der Waals surface area (Å²) in [5, 5.41) is 0. The lowest BCUT2D eigenvalue weighted by atomic mass is 9.91. The molecule has 10 nitrogen and oxygen atoms in total. The minimum Gasteiger partial charge on any atom is -0.336 e. The predicted molar refractivity (Wildman–Crippen MR) is 149 cm³/mol. The number of anilines is 1. The normalized spacial score (nSPS) is 12.4.